The fourth-order valence-electron chi connectivity index (χ4n) is 3.41. The van der Waals surface area contributed by atoms with E-state index < -0.39 is 0 Å². The largest absolute Gasteiger partial charge is 0.326 e. The van der Waals surface area contributed by atoms with E-state index >= 15 is 0 Å². The van der Waals surface area contributed by atoms with Gasteiger partial charge in [0.05, 0.1) is 0 Å². The van der Waals surface area contributed by atoms with Crippen molar-refractivity contribution in [3.8, 4) is 0 Å². The summed E-state index contributed by atoms with van der Waals surface area (Å²) in [6.45, 7) is 16.4. The molecule has 2 N–H and O–H groups in total. The van der Waals surface area contributed by atoms with E-state index in [4.69, 9.17) is 5.73 Å². The van der Waals surface area contributed by atoms with Gasteiger partial charge in [-0.1, -0.05) is 48.0 Å². The molecule has 0 radical (unpaired) electrons. The summed E-state index contributed by atoms with van der Waals surface area (Å²) < 4.78 is 0. The van der Waals surface area contributed by atoms with Gasteiger partial charge in [0.15, 0.2) is 0 Å². The Kier molecular flexibility index (Phi) is 6.32. The number of hydrogen-bond acceptors (Lipinski definition) is 2. The van der Waals surface area contributed by atoms with Gasteiger partial charge in [-0.25, -0.2) is 0 Å². The highest BCUT2D eigenvalue weighted by molar-refractivity contribution is 4.92. The van der Waals surface area contributed by atoms with Crippen molar-refractivity contribution < 1.29 is 0 Å². The standard InChI is InChI=1S/C17H36N2/c1-7-13(3)12-19(8-2)16-11-14(17(4,5)6)9-10-15(16)18/h13-16H,7-12,18H2,1-6H3. The van der Waals surface area contributed by atoms with Crippen molar-refractivity contribution >= 4 is 0 Å². The Balaban J connectivity index is 2.71. The van der Waals surface area contributed by atoms with Crippen LogP contribution in [0.3, 0.4) is 0 Å². The monoisotopic (exact) mass is 268 g/mol. The lowest BCUT2D eigenvalue weighted by Gasteiger charge is -2.45. The molecule has 114 valence electrons. The van der Waals surface area contributed by atoms with Gasteiger partial charge in [0.1, 0.15) is 0 Å². The van der Waals surface area contributed by atoms with Gasteiger partial charge in [-0.3, -0.25) is 4.90 Å². The summed E-state index contributed by atoms with van der Waals surface area (Å²) in [6, 6.07) is 0.972. The first-order chi connectivity index (χ1) is 8.79. The van der Waals surface area contributed by atoms with Gasteiger partial charge in [0, 0.05) is 18.6 Å². The van der Waals surface area contributed by atoms with Gasteiger partial charge >= 0.3 is 0 Å². The van der Waals surface area contributed by atoms with E-state index in [-0.39, 0.29) is 0 Å². The molecule has 2 nitrogen and oxygen atoms in total. The topological polar surface area (TPSA) is 29.3 Å². The minimum absolute atomic E-state index is 0.377. The lowest BCUT2D eigenvalue weighted by atomic mass is 9.69. The Bertz CT molecular complexity index is 256. The summed E-state index contributed by atoms with van der Waals surface area (Å²) >= 11 is 0. The number of rotatable bonds is 5. The average Bonchev–Trinajstić information content (AvgIpc) is 2.35. The molecule has 4 unspecified atom stereocenters. The molecule has 0 amide bonds. The molecule has 19 heavy (non-hydrogen) atoms. The Labute approximate surface area is 121 Å². The van der Waals surface area contributed by atoms with E-state index in [0.29, 0.717) is 17.5 Å². The maximum absolute atomic E-state index is 6.44. The fourth-order valence-corrected chi connectivity index (χ4v) is 3.41. The smallest absolute Gasteiger partial charge is 0.0250 e. The van der Waals surface area contributed by atoms with Gasteiger partial charge in [-0.15, -0.1) is 0 Å². The molecule has 0 spiro atoms. The Hall–Kier alpha value is -0.0800. The highest BCUT2D eigenvalue weighted by Gasteiger charge is 2.36. The highest BCUT2D eigenvalue weighted by Crippen LogP contribution is 2.39. The first-order valence-electron chi connectivity index (χ1n) is 8.29. The van der Waals surface area contributed by atoms with Crippen LogP contribution in [-0.4, -0.2) is 30.1 Å². The van der Waals surface area contributed by atoms with Crippen molar-refractivity contribution in [2.45, 2.75) is 79.3 Å². The molecular formula is C17H36N2. The van der Waals surface area contributed by atoms with Crippen molar-refractivity contribution in [1.29, 1.82) is 0 Å². The van der Waals surface area contributed by atoms with E-state index in [9.17, 15) is 0 Å². The third-order valence-corrected chi connectivity index (χ3v) is 5.21. The maximum Gasteiger partial charge on any atom is 0.0250 e. The van der Waals surface area contributed by atoms with Crippen molar-refractivity contribution in [2.24, 2.45) is 23.0 Å². The molecule has 1 aliphatic rings. The molecule has 0 aromatic rings. The molecule has 1 rings (SSSR count). The maximum atomic E-state index is 6.44. The lowest BCUT2D eigenvalue weighted by Crippen LogP contribution is -2.53. The van der Waals surface area contributed by atoms with Crippen LogP contribution < -0.4 is 5.73 Å². The molecule has 0 aromatic heterocycles. The predicted molar refractivity (Wildman–Crippen MR) is 85.3 cm³/mol. The van der Waals surface area contributed by atoms with Crippen molar-refractivity contribution in [2.75, 3.05) is 13.1 Å². The van der Waals surface area contributed by atoms with Crippen LogP contribution in [0.25, 0.3) is 0 Å². The third kappa shape index (κ3) is 4.75. The van der Waals surface area contributed by atoms with Crippen molar-refractivity contribution in [3.05, 3.63) is 0 Å². The van der Waals surface area contributed by atoms with Gasteiger partial charge < -0.3 is 5.73 Å². The summed E-state index contributed by atoms with van der Waals surface area (Å²) in [5, 5.41) is 0. The Morgan fingerprint density at radius 2 is 1.84 bits per heavy atom. The number of nitrogens with zero attached hydrogens (tertiary/aromatic N) is 1. The average molecular weight is 268 g/mol. The molecule has 0 aromatic carbocycles. The van der Waals surface area contributed by atoms with Crippen LogP contribution in [0.15, 0.2) is 0 Å². The Morgan fingerprint density at radius 1 is 1.21 bits per heavy atom. The normalized spacial score (nSPS) is 30.6. The second kappa shape index (κ2) is 7.08. The molecule has 1 fully saturated rings. The van der Waals surface area contributed by atoms with E-state index in [2.05, 4.69) is 46.4 Å². The summed E-state index contributed by atoms with van der Waals surface area (Å²) in [7, 11) is 0. The quantitative estimate of drug-likeness (QED) is 0.819. The number of likely N-dealkylation sites (N-methyl/N-ethyl adjacent to an activating group) is 1. The van der Waals surface area contributed by atoms with Crippen molar-refractivity contribution in [1.82, 2.24) is 4.90 Å². The van der Waals surface area contributed by atoms with E-state index in [1.54, 1.807) is 0 Å². The van der Waals surface area contributed by atoms with Crippen LogP contribution in [0.4, 0.5) is 0 Å². The lowest BCUT2D eigenvalue weighted by molar-refractivity contribution is 0.0638. The molecule has 2 heteroatoms. The molecular weight excluding hydrogens is 232 g/mol. The van der Waals surface area contributed by atoms with Crippen LogP contribution in [0.1, 0.15) is 67.2 Å². The first kappa shape index (κ1) is 17.0. The molecule has 0 heterocycles. The number of hydrogen-bond donors (Lipinski definition) is 1. The summed E-state index contributed by atoms with van der Waals surface area (Å²) in [4.78, 5) is 2.65. The summed E-state index contributed by atoms with van der Waals surface area (Å²) in [6.07, 6.45) is 5.06. The molecule has 4 atom stereocenters. The number of nitrogens with two attached hydrogens (primary N) is 1. The van der Waals surface area contributed by atoms with E-state index in [1.165, 1.54) is 32.2 Å². The molecule has 0 aliphatic heterocycles. The zero-order valence-corrected chi connectivity index (χ0v) is 14.1. The van der Waals surface area contributed by atoms with Crippen LogP contribution in [0.2, 0.25) is 0 Å². The minimum atomic E-state index is 0.377. The van der Waals surface area contributed by atoms with Gasteiger partial charge in [-0.2, -0.15) is 0 Å². The zero-order chi connectivity index (χ0) is 14.6. The fraction of sp³-hybridized carbons (Fsp3) is 1.00. The van der Waals surface area contributed by atoms with Crippen molar-refractivity contribution in [3.63, 3.8) is 0 Å². The van der Waals surface area contributed by atoms with Gasteiger partial charge in [0.25, 0.3) is 0 Å². The van der Waals surface area contributed by atoms with Crippen LogP contribution >= 0.6 is 0 Å². The van der Waals surface area contributed by atoms with Gasteiger partial charge in [0.2, 0.25) is 0 Å². The Morgan fingerprint density at radius 3 is 2.32 bits per heavy atom. The van der Waals surface area contributed by atoms with E-state index in [0.717, 1.165) is 18.4 Å². The minimum Gasteiger partial charge on any atom is -0.326 e. The molecule has 1 aliphatic carbocycles. The third-order valence-electron chi connectivity index (χ3n) is 5.21. The van der Waals surface area contributed by atoms with Crippen LogP contribution in [0.5, 0.6) is 0 Å². The van der Waals surface area contributed by atoms with Crippen LogP contribution in [-0.2, 0) is 0 Å². The van der Waals surface area contributed by atoms with E-state index in [1.807, 2.05) is 0 Å². The predicted octanol–water partition coefficient (Wildman–Crippen LogP) is 3.90. The molecule has 0 saturated heterocycles. The summed E-state index contributed by atoms with van der Waals surface area (Å²) in [5.74, 6) is 1.60. The zero-order valence-electron chi connectivity index (χ0n) is 14.1. The van der Waals surface area contributed by atoms with Crippen LogP contribution in [0, 0.1) is 17.3 Å². The second-order valence-electron chi connectivity index (χ2n) is 7.71. The molecule has 0 bridgehead atoms. The highest BCUT2D eigenvalue weighted by atomic mass is 15.2. The first-order valence-corrected chi connectivity index (χ1v) is 8.29. The molecule has 1 saturated carbocycles. The van der Waals surface area contributed by atoms with Gasteiger partial charge in [-0.05, 0) is 43.1 Å². The second-order valence-corrected chi connectivity index (χ2v) is 7.71. The SMILES string of the molecule is CCC(C)CN(CC)C1CC(C(C)(C)C)CCC1N. The summed E-state index contributed by atoms with van der Waals surface area (Å²) in [5.41, 5.74) is 6.86.